The molecule has 1 nitrogen and oxygen atoms in total. The molecule has 1 aromatic carbocycles. The number of hydrogen-bond donors (Lipinski definition) is 0. The third kappa shape index (κ3) is 2.51. The number of ether oxygens (including phenoxy) is 1. The minimum atomic E-state index is 0.627. The Bertz CT molecular complexity index is 561. The first-order valence-corrected chi connectivity index (χ1v) is 6.36. The van der Waals surface area contributed by atoms with Gasteiger partial charge in [-0.1, -0.05) is 12.0 Å². The number of aryl methyl sites for hydroxylation is 1. The van der Waals surface area contributed by atoms with Crippen molar-refractivity contribution in [1.29, 1.82) is 0 Å². The maximum Gasteiger partial charge on any atom is 0.135 e. The Morgan fingerprint density at radius 2 is 2.12 bits per heavy atom. The molecule has 2 rings (SSSR count). The van der Waals surface area contributed by atoms with Gasteiger partial charge in [-0.15, -0.1) is 17.8 Å². The van der Waals surface area contributed by atoms with Gasteiger partial charge in [-0.25, -0.2) is 0 Å². The van der Waals surface area contributed by atoms with Crippen LogP contribution in [0.15, 0.2) is 30.3 Å². The average molecular weight is 242 g/mol. The van der Waals surface area contributed by atoms with Crippen LogP contribution in [0, 0.1) is 19.3 Å². The van der Waals surface area contributed by atoms with E-state index in [1.165, 1.54) is 9.75 Å². The summed E-state index contributed by atoms with van der Waals surface area (Å²) >= 11 is 1.77. The largest absolute Gasteiger partial charge is 0.493 e. The minimum absolute atomic E-state index is 0.627. The molecule has 0 bridgehead atoms. The summed E-state index contributed by atoms with van der Waals surface area (Å²) < 4.78 is 5.56. The van der Waals surface area contributed by atoms with E-state index >= 15 is 0 Å². The highest BCUT2D eigenvalue weighted by Gasteiger charge is 2.06. The molecule has 17 heavy (non-hydrogen) atoms. The zero-order valence-electron chi connectivity index (χ0n) is 9.99. The van der Waals surface area contributed by atoms with Crippen LogP contribution < -0.4 is 4.74 Å². The highest BCUT2D eigenvalue weighted by Crippen LogP contribution is 2.31. The van der Waals surface area contributed by atoms with E-state index in [1.54, 1.807) is 11.3 Å². The van der Waals surface area contributed by atoms with Crippen molar-refractivity contribution >= 4 is 11.3 Å². The van der Waals surface area contributed by atoms with Crippen LogP contribution >= 0.6 is 11.3 Å². The first kappa shape index (κ1) is 11.8. The Balaban J connectivity index is 2.44. The molecule has 0 saturated heterocycles. The Morgan fingerprint density at radius 1 is 1.29 bits per heavy atom. The zero-order valence-corrected chi connectivity index (χ0v) is 10.8. The summed E-state index contributed by atoms with van der Waals surface area (Å²) in [5.74, 6) is 3.43. The lowest BCUT2D eigenvalue weighted by atomic mass is 10.1. The van der Waals surface area contributed by atoms with Crippen molar-refractivity contribution in [2.24, 2.45) is 0 Å². The summed E-state index contributed by atoms with van der Waals surface area (Å²) in [5.41, 5.74) is 1.97. The van der Waals surface area contributed by atoms with E-state index < -0.39 is 0 Å². The molecule has 0 radical (unpaired) electrons. The van der Waals surface area contributed by atoms with Crippen LogP contribution in [0.5, 0.6) is 5.75 Å². The van der Waals surface area contributed by atoms with Crippen molar-refractivity contribution < 1.29 is 4.74 Å². The predicted molar refractivity (Wildman–Crippen MR) is 73.6 cm³/mol. The van der Waals surface area contributed by atoms with Crippen LogP contribution in [-0.4, -0.2) is 6.61 Å². The molecule has 1 aromatic heterocycles. The second-order valence-corrected chi connectivity index (χ2v) is 4.99. The lowest BCUT2D eigenvalue weighted by molar-refractivity contribution is 0.339. The summed E-state index contributed by atoms with van der Waals surface area (Å²) in [6, 6.07) is 10.2. The third-order valence-electron chi connectivity index (χ3n) is 2.46. The fraction of sp³-hybridized carbons (Fsp3) is 0.200. The van der Waals surface area contributed by atoms with Gasteiger partial charge < -0.3 is 4.74 Å². The first-order valence-electron chi connectivity index (χ1n) is 5.55. The smallest absolute Gasteiger partial charge is 0.135 e. The summed E-state index contributed by atoms with van der Waals surface area (Å²) in [4.78, 5) is 2.55. The van der Waals surface area contributed by atoms with Gasteiger partial charge >= 0.3 is 0 Å². The summed E-state index contributed by atoms with van der Waals surface area (Å²) in [5, 5.41) is 0. The van der Waals surface area contributed by atoms with Crippen LogP contribution in [0.3, 0.4) is 0 Å². The van der Waals surface area contributed by atoms with Gasteiger partial charge in [0.05, 0.1) is 12.2 Å². The van der Waals surface area contributed by atoms with E-state index in [4.69, 9.17) is 11.2 Å². The van der Waals surface area contributed by atoms with Crippen molar-refractivity contribution in [1.82, 2.24) is 0 Å². The molecule has 2 heteroatoms. The predicted octanol–water partition coefficient (Wildman–Crippen LogP) is 4.10. The number of rotatable bonds is 3. The second-order valence-electron chi connectivity index (χ2n) is 3.70. The van der Waals surface area contributed by atoms with Gasteiger partial charge in [-0.05, 0) is 43.7 Å². The number of benzene rings is 1. The van der Waals surface area contributed by atoms with Crippen molar-refractivity contribution in [3.05, 3.63) is 40.8 Å². The quantitative estimate of drug-likeness (QED) is 0.736. The molecule has 0 N–H and O–H groups in total. The van der Waals surface area contributed by atoms with Crippen molar-refractivity contribution in [3.63, 3.8) is 0 Å². The van der Waals surface area contributed by atoms with Crippen molar-refractivity contribution in [2.45, 2.75) is 13.8 Å². The molecular formula is C15H14OS. The third-order valence-corrected chi connectivity index (χ3v) is 3.51. The van der Waals surface area contributed by atoms with E-state index in [0.29, 0.717) is 6.61 Å². The molecule has 0 aliphatic carbocycles. The second kappa shape index (κ2) is 5.07. The Kier molecular flexibility index (Phi) is 3.51. The summed E-state index contributed by atoms with van der Waals surface area (Å²) in [6.07, 6.45) is 5.45. The van der Waals surface area contributed by atoms with Crippen molar-refractivity contribution in [2.75, 3.05) is 6.61 Å². The van der Waals surface area contributed by atoms with Crippen LogP contribution in [0.2, 0.25) is 0 Å². The molecule has 1 heterocycles. The molecule has 0 unspecified atom stereocenters. The van der Waals surface area contributed by atoms with E-state index in [-0.39, 0.29) is 0 Å². The highest BCUT2D eigenvalue weighted by molar-refractivity contribution is 7.15. The lowest BCUT2D eigenvalue weighted by Gasteiger charge is -2.07. The van der Waals surface area contributed by atoms with Crippen LogP contribution in [-0.2, 0) is 0 Å². The van der Waals surface area contributed by atoms with Gasteiger partial charge in [0, 0.05) is 9.75 Å². The standard InChI is InChI=1S/C15H14OS/c1-4-12-7-8-13(10-14(12)16-5-2)15-9-6-11(3)17-15/h1,6-10H,5H2,2-3H3. The Hall–Kier alpha value is -1.72. The van der Waals surface area contributed by atoms with Crippen LogP contribution in [0.1, 0.15) is 17.4 Å². The Labute approximate surface area is 106 Å². The van der Waals surface area contributed by atoms with E-state index in [9.17, 15) is 0 Å². The van der Waals surface area contributed by atoms with Gasteiger partial charge in [0.2, 0.25) is 0 Å². The molecule has 0 aliphatic rings. The van der Waals surface area contributed by atoms with E-state index in [0.717, 1.165) is 16.9 Å². The fourth-order valence-corrected chi connectivity index (χ4v) is 2.52. The molecular weight excluding hydrogens is 228 g/mol. The topological polar surface area (TPSA) is 9.23 Å². The van der Waals surface area contributed by atoms with Crippen LogP contribution in [0.4, 0.5) is 0 Å². The molecule has 0 fully saturated rings. The minimum Gasteiger partial charge on any atom is -0.493 e. The average Bonchev–Trinajstić information content (AvgIpc) is 2.76. The molecule has 0 amide bonds. The van der Waals surface area contributed by atoms with Gasteiger partial charge in [-0.2, -0.15) is 0 Å². The Morgan fingerprint density at radius 3 is 2.71 bits per heavy atom. The van der Waals surface area contributed by atoms with Gasteiger partial charge in [0.15, 0.2) is 0 Å². The first-order chi connectivity index (χ1) is 8.24. The lowest BCUT2D eigenvalue weighted by Crippen LogP contribution is -1.94. The summed E-state index contributed by atoms with van der Waals surface area (Å²) in [7, 11) is 0. The SMILES string of the molecule is C#Cc1ccc(-c2ccc(C)s2)cc1OCC. The molecule has 0 spiro atoms. The summed E-state index contributed by atoms with van der Waals surface area (Å²) in [6.45, 7) is 4.69. The van der Waals surface area contributed by atoms with Gasteiger partial charge in [-0.3, -0.25) is 0 Å². The molecule has 0 saturated carbocycles. The van der Waals surface area contributed by atoms with Crippen LogP contribution in [0.25, 0.3) is 10.4 Å². The van der Waals surface area contributed by atoms with E-state index in [2.05, 4.69) is 25.0 Å². The van der Waals surface area contributed by atoms with Gasteiger partial charge in [0.25, 0.3) is 0 Å². The maximum atomic E-state index is 5.56. The highest BCUT2D eigenvalue weighted by atomic mass is 32.1. The normalized spacial score (nSPS) is 9.94. The molecule has 86 valence electrons. The number of terminal acetylenes is 1. The molecule has 0 atom stereocenters. The number of thiophene rings is 1. The molecule has 2 aromatic rings. The monoisotopic (exact) mass is 242 g/mol. The van der Waals surface area contributed by atoms with Crippen molar-refractivity contribution in [3.8, 4) is 28.5 Å². The molecule has 0 aliphatic heterocycles. The fourth-order valence-electron chi connectivity index (χ4n) is 1.66. The maximum absolute atomic E-state index is 5.56. The zero-order chi connectivity index (χ0) is 12.3. The number of hydrogen-bond acceptors (Lipinski definition) is 2. The van der Waals surface area contributed by atoms with E-state index in [1.807, 2.05) is 25.1 Å². The van der Waals surface area contributed by atoms with Gasteiger partial charge in [0.1, 0.15) is 5.75 Å².